The monoisotopic (exact) mass is 272 g/mol. The Morgan fingerprint density at radius 3 is 2.72 bits per heavy atom. The van der Waals surface area contributed by atoms with E-state index in [1.807, 2.05) is 0 Å². The number of halogens is 1. The summed E-state index contributed by atoms with van der Waals surface area (Å²) in [4.78, 5) is 20.1. The van der Waals surface area contributed by atoms with E-state index in [-0.39, 0.29) is 35.1 Å². The van der Waals surface area contributed by atoms with Crippen molar-refractivity contribution in [3.8, 4) is 0 Å². The summed E-state index contributed by atoms with van der Waals surface area (Å²) in [7, 11) is 0. The second-order valence-electron chi connectivity index (χ2n) is 4.16. The molecule has 18 heavy (non-hydrogen) atoms. The second kappa shape index (κ2) is 5.03. The third kappa shape index (κ3) is 2.51. The third-order valence-electron chi connectivity index (χ3n) is 2.80. The van der Waals surface area contributed by atoms with Crippen molar-refractivity contribution in [3.63, 3.8) is 0 Å². The number of nitro groups is 1. The molecule has 0 bridgehead atoms. The summed E-state index contributed by atoms with van der Waals surface area (Å²) in [6.45, 7) is 1.74. The fourth-order valence-corrected chi connectivity index (χ4v) is 2.09. The van der Waals surface area contributed by atoms with Gasteiger partial charge in [-0.15, -0.1) is 0 Å². The predicted molar refractivity (Wildman–Crippen MR) is 65.9 cm³/mol. The number of anilines is 1. The fraction of sp³-hybridized carbons (Fsp3) is 0.600. The van der Waals surface area contributed by atoms with Crippen molar-refractivity contribution in [2.45, 2.75) is 25.8 Å². The Labute approximate surface area is 109 Å². The molecular weight excluding hydrogens is 260 g/mol. The molecular formula is C10H13ClN4O3. The predicted octanol–water partition coefficient (Wildman–Crippen LogP) is 1.31. The van der Waals surface area contributed by atoms with Gasteiger partial charge in [-0.2, -0.15) is 4.98 Å². The Morgan fingerprint density at radius 2 is 2.22 bits per heavy atom. The average molecular weight is 273 g/mol. The van der Waals surface area contributed by atoms with Crippen LogP contribution in [0.3, 0.4) is 0 Å². The highest BCUT2D eigenvalue weighted by molar-refractivity contribution is 6.28. The van der Waals surface area contributed by atoms with E-state index in [9.17, 15) is 10.1 Å². The number of aromatic nitrogens is 2. The highest BCUT2D eigenvalue weighted by atomic mass is 35.5. The number of aliphatic hydroxyl groups is 1. The van der Waals surface area contributed by atoms with Crippen LogP contribution in [0.1, 0.15) is 18.5 Å². The zero-order valence-corrected chi connectivity index (χ0v) is 10.6. The van der Waals surface area contributed by atoms with E-state index in [1.54, 1.807) is 4.90 Å². The summed E-state index contributed by atoms with van der Waals surface area (Å²) < 4.78 is 0. The minimum atomic E-state index is -0.506. The molecule has 7 nitrogen and oxygen atoms in total. The maximum atomic E-state index is 11.1. The molecule has 0 unspecified atom stereocenters. The van der Waals surface area contributed by atoms with Crippen LogP contribution in [0.2, 0.25) is 5.28 Å². The summed E-state index contributed by atoms with van der Waals surface area (Å²) in [6, 6.07) is 0.196. The Hall–Kier alpha value is -1.47. The zero-order valence-electron chi connectivity index (χ0n) is 9.84. The molecule has 1 saturated carbocycles. The molecule has 1 aliphatic rings. The fourth-order valence-electron chi connectivity index (χ4n) is 1.89. The molecule has 1 aliphatic carbocycles. The van der Waals surface area contributed by atoms with Gasteiger partial charge in [0.1, 0.15) is 5.69 Å². The van der Waals surface area contributed by atoms with E-state index in [2.05, 4.69) is 9.97 Å². The van der Waals surface area contributed by atoms with Crippen LogP contribution in [0.15, 0.2) is 0 Å². The van der Waals surface area contributed by atoms with E-state index in [4.69, 9.17) is 16.7 Å². The van der Waals surface area contributed by atoms with Gasteiger partial charge in [-0.1, -0.05) is 0 Å². The molecule has 2 rings (SSSR count). The van der Waals surface area contributed by atoms with Crippen LogP contribution < -0.4 is 4.90 Å². The third-order valence-corrected chi connectivity index (χ3v) is 2.96. The van der Waals surface area contributed by atoms with Crippen LogP contribution in [0.5, 0.6) is 0 Å². The summed E-state index contributed by atoms with van der Waals surface area (Å²) in [5, 5.41) is 20.1. The molecule has 0 amide bonds. The number of nitrogens with zero attached hydrogens (tertiary/aromatic N) is 4. The van der Waals surface area contributed by atoms with E-state index >= 15 is 0 Å². The molecule has 1 fully saturated rings. The number of aliphatic hydroxyl groups excluding tert-OH is 1. The van der Waals surface area contributed by atoms with Gasteiger partial charge in [0.15, 0.2) is 0 Å². The first-order chi connectivity index (χ1) is 8.54. The number of aryl methyl sites for hydroxylation is 1. The molecule has 0 aromatic carbocycles. The molecule has 0 spiro atoms. The molecule has 0 aliphatic heterocycles. The first-order valence-electron chi connectivity index (χ1n) is 5.60. The molecule has 1 heterocycles. The maximum absolute atomic E-state index is 11.1. The Morgan fingerprint density at radius 1 is 1.56 bits per heavy atom. The highest BCUT2D eigenvalue weighted by Gasteiger charge is 2.35. The molecule has 98 valence electrons. The molecule has 1 aromatic heterocycles. The van der Waals surface area contributed by atoms with Gasteiger partial charge < -0.3 is 10.0 Å². The first-order valence-corrected chi connectivity index (χ1v) is 5.98. The van der Waals surface area contributed by atoms with Crippen LogP contribution in [0.25, 0.3) is 0 Å². The van der Waals surface area contributed by atoms with Crippen LogP contribution in [0, 0.1) is 17.0 Å². The molecule has 0 radical (unpaired) electrons. The minimum absolute atomic E-state index is 0.0170. The van der Waals surface area contributed by atoms with Crippen LogP contribution in [-0.4, -0.2) is 39.2 Å². The van der Waals surface area contributed by atoms with Gasteiger partial charge in [-0.25, -0.2) is 4.98 Å². The Kier molecular flexibility index (Phi) is 3.63. The summed E-state index contributed by atoms with van der Waals surface area (Å²) >= 11 is 5.76. The molecule has 1 aromatic rings. The molecule has 0 saturated heterocycles. The lowest BCUT2D eigenvalue weighted by atomic mass is 10.3. The van der Waals surface area contributed by atoms with Gasteiger partial charge in [-0.05, 0) is 31.4 Å². The molecule has 0 atom stereocenters. The SMILES string of the molecule is Cc1nc(Cl)nc(N(CCO)C2CC2)c1[N+](=O)[O-]. The van der Waals surface area contributed by atoms with Crippen molar-refractivity contribution in [1.82, 2.24) is 9.97 Å². The second-order valence-corrected chi connectivity index (χ2v) is 4.49. The van der Waals surface area contributed by atoms with Gasteiger partial charge in [0, 0.05) is 12.6 Å². The topological polar surface area (TPSA) is 92.4 Å². The molecule has 1 N–H and O–H groups in total. The first kappa shape index (κ1) is 13.0. The standard InChI is InChI=1S/C10H13ClN4O3/c1-6-8(15(17)18)9(13-10(11)12-6)14(4-5-16)7-2-3-7/h7,16H,2-5H2,1H3. The summed E-state index contributed by atoms with van der Waals surface area (Å²) in [5.74, 6) is 0.203. The number of hydrogen-bond donors (Lipinski definition) is 1. The lowest BCUT2D eigenvalue weighted by Crippen LogP contribution is -2.30. The summed E-state index contributed by atoms with van der Waals surface area (Å²) in [6.07, 6.45) is 1.88. The van der Waals surface area contributed by atoms with Gasteiger partial charge in [0.25, 0.3) is 0 Å². The van der Waals surface area contributed by atoms with Crippen molar-refractivity contribution in [2.24, 2.45) is 0 Å². The van der Waals surface area contributed by atoms with Crippen molar-refractivity contribution in [2.75, 3.05) is 18.1 Å². The number of rotatable bonds is 5. The van der Waals surface area contributed by atoms with E-state index in [0.717, 1.165) is 12.8 Å². The van der Waals surface area contributed by atoms with Crippen LogP contribution in [0.4, 0.5) is 11.5 Å². The minimum Gasteiger partial charge on any atom is -0.395 e. The number of hydrogen-bond acceptors (Lipinski definition) is 6. The highest BCUT2D eigenvalue weighted by Crippen LogP contribution is 2.36. The van der Waals surface area contributed by atoms with Gasteiger partial charge in [0.2, 0.25) is 11.1 Å². The van der Waals surface area contributed by atoms with Crippen molar-refractivity contribution in [3.05, 3.63) is 21.1 Å². The van der Waals surface area contributed by atoms with Gasteiger partial charge in [0.05, 0.1) is 11.5 Å². The maximum Gasteiger partial charge on any atom is 0.332 e. The normalized spacial score (nSPS) is 14.6. The van der Waals surface area contributed by atoms with Crippen molar-refractivity contribution in [1.29, 1.82) is 0 Å². The molecule has 8 heteroatoms. The van der Waals surface area contributed by atoms with E-state index in [1.165, 1.54) is 6.92 Å². The average Bonchev–Trinajstić information content (AvgIpc) is 3.07. The zero-order chi connectivity index (χ0) is 13.3. The lowest BCUT2D eigenvalue weighted by molar-refractivity contribution is -0.385. The van der Waals surface area contributed by atoms with E-state index in [0.29, 0.717) is 6.54 Å². The largest absolute Gasteiger partial charge is 0.395 e. The van der Waals surface area contributed by atoms with Crippen LogP contribution >= 0.6 is 11.6 Å². The van der Waals surface area contributed by atoms with Gasteiger partial charge >= 0.3 is 5.69 Å². The van der Waals surface area contributed by atoms with Crippen molar-refractivity contribution < 1.29 is 10.0 Å². The quantitative estimate of drug-likeness (QED) is 0.493. The van der Waals surface area contributed by atoms with Crippen LogP contribution in [-0.2, 0) is 0 Å². The Bertz CT molecular complexity index is 478. The Balaban J connectivity index is 2.48. The lowest BCUT2D eigenvalue weighted by Gasteiger charge is -2.22. The summed E-state index contributed by atoms with van der Waals surface area (Å²) in [5.41, 5.74) is 0.0957. The van der Waals surface area contributed by atoms with Gasteiger partial charge in [-0.3, -0.25) is 10.1 Å². The van der Waals surface area contributed by atoms with E-state index < -0.39 is 4.92 Å². The van der Waals surface area contributed by atoms with Crippen molar-refractivity contribution >= 4 is 23.1 Å². The smallest absolute Gasteiger partial charge is 0.332 e.